The Labute approximate surface area is 106 Å². The zero-order valence-electron chi connectivity index (χ0n) is 10.5. The fraction of sp³-hybridized carbons (Fsp3) is 0.429. The van der Waals surface area contributed by atoms with Crippen molar-refractivity contribution >= 4 is 11.9 Å². The van der Waals surface area contributed by atoms with E-state index in [0.717, 1.165) is 5.56 Å². The van der Waals surface area contributed by atoms with Gasteiger partial charge in [-0.25, -0.2) is 9.79 Å². The lowest BCUT2D eigenvalue weighted by atomic mass is 10.0. The van der Waals surface area contributed by atoms with Gasteiger partial charge < -0.3 is 9.84 Å². The first-order valence-corrected chi connectivity index (χ1v) is 6.10. The fourth-order valence-corrected chi connectivity index (χ4v) is 2.05. The quantitative estimate of drug-likeness (QED) is 0.888. The highest BCUT2D eigenvalue weighted by atomic mass is 16.5. The molecule has 1 N–H and O–H groups in total. The Morgan fingerprint density at radius 1 is 1.39 bits per heavy atom. The molecule has 0 amide bonds. The van der Waals surface area contributed by atoms with Gasteiger partial charge in [0, 0.05) is 5.56 Å². The van der Waals surface area contributed by atoms with Gasteiger partial charge in [-0.1, -0.05) is 32.0 Å². The number of carboxylic acids is 1. The van der Waals surface area contributed by atoms with Gasteiger partial charge in [-0.15, -0.1) is 0 Å². The van der Waals surface area contributed by atoms with E-state index in [1.807, 2.05) is 30.3 Å². The van der Waals surface area contributed by atoms with Crippen LogP contribution in [0.15, 0.2) is 35.3 Å². The van der Waals surface area contributed by atoms with Crippen molar-refractivity contribution in [2.45, 2.75) is 32.4 Å². The van der Waals surface area contributed by atoms with Crippen molar-refractivity contribution in [3.63, 3.8) is 0 Å². The smallest absolute Gasteiger partial charge is 0.347 e. The Hall–Kier alpha value is -1.84. The molecule has 1 aromatic rings. The molecule has 1 aliphatic rings. The molecule has 0 fully saturated rings. The number of carboxylic acid groups (broad SMARTS) is 1. The van der Waals surface area contributed by atoms with E-state index < -0.39 is 12.1 Å². The summed E-state index contributed by atoms with van der Waals surface area (Å²) in [5.74, 6) is -0.122. The second-order valence-electron chi connectivity index (χ2n) is 4.87. The van der Waals surface area contributed by atoms with Crippen LogP contribution in [-0.2, 0) is 9.53 Å². The Kier molecular flexibility index (Phi) is 3.65. The van der Waals surface area contributed by atoms with Crippen molar-refractivity contribution in [2.75, 3.05) is 0 Å². The van der Waals surface area contributed by atoms with Crippen LogP contribution >= 0.6 is 0 Å². The van der Waals surface area contributed by atoms with Gasteiger partial charge in [0.2, 0.25) is 12.0 Å². The summed E-state index contributed by atoms with van der Waals surface area (Å²) in [7, 11) is 0. The summed E-state index contributed by atoms with van der Waals surface area (Å²) in [6.07, 6.45) is -0.143. The molecular formula is C14H17NO3. The Bertz CT molecular complexity index is 453. The van der Waals surface area contributed by atoms with Crippen LogP contribution in [0.1, 0.15) is 25.8 Å². The molecule has 1 aromatic carbocycles. The monoisotopic (exact) mass is 247 g/mol. The summed E-state index contributed by atoms with van der Waals surface area (Å²) >= 11 is 0. The third-order valence-corrected chi connectivity index (χ3v) is 2.85. The lowest BCUT2D eigenvalue weighted by molar-refractivity contribution is -0.145. The van der Waals surface area contributed by atoms with E-state index in [-0.39, 0.29) is 6.04 Å². The van der Waals surface area contributed by atoms with E-state index in [9.17, 15) is 4.79 Å². The molecule has 18 heavy (non-hydrogen) atoms. The van der Waals surface area contributed by atoms with Crippen molar-refractivity contribution in [3.05, 3.63) is 35.9 Å². The molecule has 4 heteroatoms. The summed E-state index contributed by atoms with van der Waals surface area (Å²) in [6.45, 7) is 4.10. The minimum atomic E-state index is -0.949. The summed E-state index contributed by atoms with van der Waals surface area (Å²) in [6, 6.07) is 9.11. The van der Waals surface area contributed by atoms with E-state index in [2.05, 4.69) is 18.8 Å². The van der Waals surface area contributed by atoms with Crippen LogP contribution in [0.5, 0.6) is 0 Å². The van der Waals surface area contributed by atoms with E-state index in [1.165, 1.54) is 0 Å². The molecule has 96 valence electrons. The Balaban J connectivity index is 2.21. The first-order chi connectivity index (χ1) is 8.58. The molecule has 1 aliphatic heterocycles. The van der Waals surface area contributed by atoms with E-state index >= 15 is 0 Å². The van der Waals surface area contributed by atoms with Gasteiger partial charge in [0.1, 0.15) is 6.04 Å². The minimum absolute atomic E-state index is 0.294. The summed E-state index contributed by atoms with van der Waals surface area (Å²) in [5, 5.41) is 9.16. The molecule has 0 spiro atoms. The summed E-state index contributed by atoms with van der Waals surface area (Å²) < 4.78 is 5.47. The van der Waals surface area contributed by atoms with Crippen LogP contribution in [0.4, 0.5) is 0 Å². The van der Waals surface area contributed by atoms with E-state index in [0.29, 0.717) is 18.2 Å². The number of hydrogen-bond donors (Lipinski definition) is 1. The van der Waals surface area contributed by atoms with Gasteiger partial charge >= 0.3 is 5.97 Å². The molecule has 2 rings (SSSR count). The van der Waals surface area contributed by atoms with E-state index in [4.69, 9.17) is 9.84 Å². The standard InChI is InChI=1S/C14H17NO3/c1-9(2)8-11-12(14(16)17)18-13(15-11)10-6-4-3-5-7-10/h3-7,9,11-12H,8H2,1-2H3,(H,16,17)/t11-,12?/m0/s1. The van der Waals surface area contributed by atoms with Crippen LogP contribution in [0, 0.1) is 5.92 Å². The number of aliphatic carboxylic acids is 1. The molecule has 2 atom stereocenters. The Morgan fingerprint density at radius 2 is 2.06 bits per heavy atom. The van der Waals surface area contributed by atoms with Gasteiger partial charge in [0.05, 0.1) is 0 Å². The van der Waals surface area contributed by atoms with Gasteiger partial charge in [0.15, 0.2) is 0 Å². The minimum Gasteiger partial charge on any atom is -0.478 e. The average molecular weight is 247 g/mol. The zero-order chi connectivity index (χ0) is 13.1. The van der Waals surface area contributed by atoms with E-state index in [1.54, 1.807) is 0 Å². The van der Waals surface area contributed by atoms with Gasteiger partial charge in [0.25, 0.3) is 0 Å². The first kappa shape index (κ1) is 12.6. The van der Waals surface area contributed by atoms with Crippen molar-refractivity contribution in [2.24, 2.45) is 10.9 Å². The number of aliphatic imine (C=N–C) groups is 1. The lowest BCUT2D eigenvalue weighted by Crippen LogP contribution is -2.32. The van der Waals surface area contributed by atoms with Gasteiger partial charge in [-0.2, -0.15) is 0 Å². The van der Waals surface area contributed by atoms with Crippen LogP contribution in [0.25, 0.3) is 0 Å². The topological polar surface area (TPSA) is 58.9 Å². The predicted octanol–water partition coefficient (Wildman–Crippen LogP) is 2.33. The SMILES string of the molecule is CC(C)C[C@@H]1N=C(c2ccccc2)OC1C(=O)O. The molecule has 0 saturated heterocycles. The maximum Gasteiger partial charge on any atom is 0.347 e. The highest BCUT2D eigenvalue weighted by Crippen LogP contribution is 2.23. The molecule has 4 nitrogen and oxygen atoms in total. The molecular weight excluding hydrogens is 230 g/mol. The van der Waals surface area contributed by atoms with Crippen molar-refractivity contribution in [1.82, 2.24) is 0 Å². The first-order valence-electron chi connectivity index (χ1n) is 6.10. The molecule has 1 heterocycles. The number of hydrogen-bond acceptors (Lipinski definition) is 3. The summed E-state index contributed by atoms with van der Waals surface area (Å²) in [4.78, 5) is 15.6. The molecule has 0 aliphatic carbocycles. The highest BCUT2D eigenvalue weighted by Gasteiger charge is 2.37. The Morgan fingerprint density at radius 3 is 2.61 bits per heavy atom. The normalized spacial score (nSPS) is 22.7. The number of ether oxygens (including phenoxy) is 1. The van der Waals surface area contributed by atoms with Crippen LogP contribution in [0.3, 0.4) is 0 Å². The number of nitrogens with zero attached hydrogens (tertiary/aromatic N) is 1. The number of rotatable bonds is 4. The van der Waals surface area contributed by atoms with Crippen molar-refractivity contribution in [3.8, 4) is 0 Å². The molecule has 0 aromatic heterocycles. The van der Waals surface area contributed by atoms with Gasteiger partial charge in [-0.3, -0.25) is 0 Å². The maximum atomic E-state index is 11.2. The lowest BCUT2D eigenvalue weighted by Gasteiger charge is -2.14. The average Bonchev–Trinajstić information content (AvgIpc) is 2.73. The number of benzene rings is 1. The largest absolute Gasteiger partial charge is 0.478 e. The molecule has 1 unspecified atom stereocenters. The fourth-order valence-electron chi connectivity index (χ4n) is 2.05. The number of carbonyl (C=O) groups is 1. The molecule has 0 saturated carbocycles. The molecule has 0 radical (unpaired) electrons. The maximum absolute atomic E-state index is 11.2. The van der Waals surface area contributed by atoms with Crippen LogP contribution < -0.4 is 0 Å². The third-order valence-electron chi connectivity index (χ3n) is 2.85. The predicted molar refractivity (Wildman–Crippen MR) is 68.7 cm³/mol. The second-order valence-corrected chi connectivity index (χ2v) is 4.87. The second kappa shape index (κ2) is 5.21. The van der Waals surface area contributed by atoms with Crippen LogP contribution in [-0.4, -0.2) is 29.1 Å². The summed E-state index contributed by atoms with van der Waals surface area (Å²) in [5.41, 5.74) is 0.829. The molecule has 0 bridgehead atoms. The van der Waals surface area contributed by atoms with Crippen LogP contribution in [0.2, 0.25) is 0 Å². The zero-order valence-corrected chi connectivity index (χ0v) is 10.5. The highest BCUT2D eigenvalue weighted by molar-refractivity contribution is 5.97. The van der Waals surface area contributed by atoms with Crippen molar-refractivity contribution < 1.29 is 14.6 Å². The third kappa shape index (κ3) is 2.70. The van der Waals surface area contributed by atoms with Gasteiger partial charge in [-0.05, 0) is 24.5 Å². The van der Waals surface area contributed by atoms with Crippen molar-refractivity contribution in [1.29, 1.82) is 0 Å².